The van der Waals surface area contributed by atoms with E-state index >= 15 is 0 Å². The smallest absolute Gasteiger partial charge is 0.323 e. The maximum absolute atomic E-state index is 11.2. The van der Waals surface area contributed by atoms with E-state index in [-0.39, 0.29) is 6.10 Å². The maximum Gasteiger partial charge on any atom is 0.323 e. The highest BCUT2D eigenvalue weighted by atomic mass is 16.6. The van der Waals surface area contributed by atoms with Gasteiger partial charge in [0.15, 0.2) is 6.10 Å². The lowest BCUT2D eigenvalue weighted by atomic mass is 10.00. The third-order valence-corrected chi connectivity index (χ3v) is 5.01. The van der Waals surface area contributed by atoms with Gasteiger partial charge >= 0.3 is 11.9 Å². The first-order valence-electron chi connectivity index (χ1n) is 11.1. The lowest BCUT2D eigenvalue weighted by Gasteiger charge is -2.27. The van der Waals surface area contributed by atoms with Crippen LogP contribution in [-0.4, -0.2) is 62.8 Å². The quantitative estimate of drug-likeness (QED) is 0.126. The Morgan fingerprint density at radius 3 is 2.07 bits per heavy atom. The molecule has 8 heteroatoms. The van der Waals surface area contributed by atoms with E-state index in [1.54, 1.807) is 6.08 Å². The van der Waals surface area contributed by atoms with Gasteiger partial charge in [-0.15, -0.1) is 0 Å². The summed E-state index contributed by atoms with van der Waals surface area (Å²) in [5.74, 6) is -2.21. The fourth-order valence-corrected chi connectivity index (χ4v) is 3.18. The lowest BCUT2D eigenvalue weighted by molar-refractivity contribution is -0.164. The number of rotatable bonds is 18. The van der Waals surface area contributed by atoms with Crippen molar-refractivity contribution in [3.8, 4) is 0 Å². The van der Waals surface area contributed by atoms with Gasteiger partial charge in [0.25, 0.3) is 0 Å². The largest absolute Gasteiger partial charge is 0.480 e. The molecule has 5 atom stereocenters. The molecule has 6 N–H and O–H groups in total. The second-order valence-corrected chi connectivity index (χ2v) is 7.84. The van der Waals surface area contributed by atoms with E-state index in [1.165, 1.54) is 25.3 Å². The van der Waals surface area contributed by atoms with Crippen LogP contribution >= 0.6 is 0 Å². The average molecular weight is 432 g/mol. The highest BCUT2D eigenvalue weighted by Gasteiger charge is 2.36. The lowest BCUT2D eigenvalue weighted by Crippen LogP contribution is -2.53. The number of unbranched alkanes of at least 4 members (excludes halogenated alkanes) is 7. The minimum atomic E-state index is -1.74. The van der Waals surface area contributed by atoms with Gasteiger partial charge in [-0.3, -0.25) is 9.59 Å². The van der Waals surface area contributed by atoms with Crippen LogP contribution < -0.4 is 5.73 Å². The number of esters is 1. The molecule has 176 valence electrons. The molecule has 0 spiro atoms. The number of aliphatic hydroxyl groups excluding tert-OH is 3. The van der Waals surface area contributed by atoms with Crippen LogP contribution in [0.15, 0.2) is 12.2 Å². The van der Waals surface area contributed by atoms with Gasteiger partial charge in [-0.05, 0) is 25.7 Å². The second kappa shape index (κ2) is 17.2. The second-order valence-electron chi connectivity index (χ2n) is 7.84. The first-order chi connectivity index (χ1) is 14.2. The van der Waals surface area contributed by atoms with Crippen LogP contribution in [-0.2, 0) is 14.3 Å². The minimum Gasteiger partial charge on any atom is -0.480 e. The van der Waals surface area contributed by atoms with Gasteiger partial charge < -0.3 is 30.9 Å². The summed E-state index contributed by atoms with van der Waals surface area (Å²) >= 11 is 0. The summed E-state index contributed by atoms with van der Waals surface area (Å²) in [6.45, 7) is 3.27. The summed E-state index contributed by atoms with van der Waals surface area (Å²) in [6, 6.07) is -1.68. The van der Waals surface area contributed by atoms with Gasteiger partial charge in [-0.1, -0.05) is 64.0 Å². The topological polar surface area (TPSA) is 150 Å². The Labute approximate surface area is 180 Å². The number of carbonyl (C=O) groups excluding carboxylic acids is 1. The standard InChI is InChI=1S/C22H41NO7/c1-3-4-5-10-13-17(25)14-11-8-6-7-9-12-15-18(26)21(30-16(2)24)20(27)19(23)22(28)29/h12,15,17-21,25-27H,3-11,13-14,23H2,1-2H3,(H,28,29)/b15-12+/t17-,18-,19+,20+,21-/m1/s1. The Morgan fingerprint density at radius 2 is 1.53 bits per heavy atom. The zero-order valence-corrected chi connectivity index (χ0v) is 18.4. The van der Waals surface area contributed by atoms with Crippen LogP contribution in [0, 0.1) is 0 Å². The molecule has 0 saturated heterocycles. The number of carbonyl (C=O) groups is 2. The molecular formula is C22H41NO7. The zero-order valence-electron chi connectivity index (χ0n) is 18.4. The van der Waals surface area contributed by atoms with E-state index in [0.29, 0.717) is 6.42 Å². The predicted molar refractivity (Wildman–Crippen MR) is 115 cm³/mol. The molecule has 0 unspecified atom stereocenters. The number of hydrogen-bond donors (Lipinski definition) is 5. The molecule has 0 heterocycles. The Bertz CT molecular complexity index is 498. The SMILES string of the molecule is CCCCCC[C@@H](O)CCCCCC/C=C/[C@@H](O)[C@@H](OC(C)=O)[C@@H](O)[C@H](N)C(=O)O. The van der Waals surface area contributed by atoms with Gasteiger partial charge in [0.1, 0.15) is 18.2 Å². The van der Waals surface area contributed by atoms with E-state index in [2.05, 4.69) is 6.92 Å². The van der Waals surface area contributed by atoms with E-state index in [9.17, 15) is 24.9 Å². The molecule has 0 amide bonds. The highest BCUT2D eigenvalue weighted by molar-refractivity contribution is 5.74. The molecule has 0 fully saturated rings. The molecule has 30 heavy (non-hydrogen) atoms. The molecule has 0 aromatic heterocycles. The van der Waals surface area contributed by atoms with Crippen molar-refractivity contribution in [1.82, 2.24) is 0 Å². The third kappa shape index (κ3) is 13.7. The highest BCUT2D eigenvalue weighted by Crippen LogP contribution is 2.14. The van der Waals surface area contributed by atoms with Crippen LogP contribution in [0.1, 0.15) is 84.5 Å². The zero-order chi connectivity index (χ0) is 22.9. The first kappa shape index (κ1) is 28.5. The van der Waals surface area contributed by atoms with Gasteiger partial charge in [-0.2, -0.15) is 0 Å². The number of carboxylic acid groups (broad SMARTS) is 1. The number of nitrogens with two attached hydrogens (primary N) is 1. The third-order valence-electron chi connectivity index (χ3n) is 5.01. The van der Waals surface area contributed by atoms with Gasteiger partial charge in [0.2, 0.25) is 0 Å². The molecule has 0 saturated carbocycles. The molecule has 0 rings (SSSR count). The first-order valence-corrected chi connectivity index (χ1v) is 11.1. The number of allylic oxidation sites excluding steroid dienone is 1. The summed E-state index contributed by atoms with van der Waals surface area (Å²) in [7, 11) is 0. The normalized spacial score (nSPS) is 16.7. The van der Waals surface area contributed by atoms with Crippen molar-refractivity contribution in [2.75, 3.05) is 0 Å². The van der Waals surface area contributed by atoms with E-state index in [1.807, 2.05) is 0 Å². The van der Waals surface area contributed by atoms with Crippen LogP contribution in [0.2, 0.25) is 0 Å². The predicted octanol–water partition coefficient (Wildman–Crippen LogP) is 2.28. The van der Waals surface area contributed by atoms with Crippen molar-refractivity contribution in [3.63, 3.8) is 0 Å². The van der Waals surface area contributed by atoms with Crippen LogP contribution in [0.3, 0.4) is 0 Å². The van der Waals surface area contributed by atoms with Gasteiger partial charge in [0, 0.05) is 6.92 Å². The Balaban J connectivity index is 4.13. The van der Waals surface area contributed by atoms with E-state index in [0.717, 1.165) is 51.9 Å². The van der Waals surface area contributed by atoms with Gasteiger partial charge in [-0.25, -0.2) is 0 Å². The number of aliphatic carboxylic acids is 1. The van der Waals surface area contributed by atoms with Crippen molar-refractivity contribution in [3.05, 3.63) is 12.2 Å². The van der Waals surface area contributed by atoms with Crippen molar-refractivity contribution in [2.24, 2.45) is 5.73 Å². The molecule has 0 radical (unpaired) electrons. The summed E-state index contributed by atoms with van der Waals surface area (Å²) in [4.78, 5) is 22.1. The summed E-state index contributed by atoms with van der Waals surface area (Å²) in [6.07, 6.45) is 9.29. The van der Waals surface area contributed by atoms with Crippen LogP contribution in [0.4, 0.5) is 0 Å². The average Bonchev–Trinajstić information content (AvgIpc) is 2.69. The maximum atomic E-state index is 11.2. The monoisotopic (exact) mass is 431 g/mol. The Morgan fingerprint density at radius 1 is 0.967 bits per heavy atom. The molecule has 0 bridgehead atoms. The molecule has 8 nitrogen and oxygen atoms in total. The molecular weight excluding hydrogens is 390 g/mol. The van der Waals surface area contributed by atoms with E-state index < -0.39 is 36.3 Å². The fourth-order valence-electron chi connectivity index (χ4n) is 3.18. The van der Waals surface area contributed by atoms with Crippen molar-refractivity contribution >= 4 is 11.9 Å². The van der Waals surface area contributed by atoms with Crippen molar-refractivity contribution in [1.29, 1.82) is 0 Å². The van der Waals surface area contributed by atoms with Crippen LogP contribution in [0.25, 0.3) is 0 Å². The van der Waals surface area contributed by atoms with Crippen molar-refractivity contribution < 1.29 is 34.8 Å². The number of ether oxygens (including phenoxy) is 1. The van der Waals surface area contributed by atoms with Gasteiger partial charge in [0.05, 0.1) is 6.10 Å². The van der Waals surface area contributed by atoms with Crippen LogP contribution in [0.5, 0.6) is 0 Å². The number of carboxylic acids is 1. The Hall–Kier alpha value is -1.48. The molecule has 0 aromatic carbocycles. The molecule has 0 aliphatic rings. The minimum absolute atomic E-state index is 0.210. The number of hydrogen-bond acceptors (Lipinski definition) is 7. The molecule has 0 aliphatic heterocycles. The Kier molecular flexibility index (Phi) is 16.4. The summed E-state index contributed by atoms with van der Waals surface area (Å²) < 4.78 is 4.86. The number of aliphatic hydroxyl groups is 3. The summed E-state index contributed by atoms with van der Waals surface area (Å²) in [5.41, 5.74) is 5.36. The van der Waals surface area contributed by atoms with Crippen molar-refractivity contribution in [2.45, 2.75) is 115 Å². The molecule has 0 aromatic rings. The van der Waals surface area contributed by atoms with E-state index in [4.69, 9.17) is 15.6 Å². The fraction of sp³-hybridized carbons (Fsp3) is 0.818. The molecule has 0 aliphatic carbocycles. The summed E-state index contributed by atoms with van der Waals surface area (Å²) in [5, 5.41) is 39.0.